The summed E-state index contributed by atoms with van der Waals surface area (Å²) >= 11 is 0. The highest BCUT2D eigenvalue weighted by atomic mass is 16.5. The number of nitrogens with two attached hydrogens (primary N) is 1. The number of ether oxygens (including phenoxy) is 1. The van der Waals surface area contributed by atoms with Gasteiger partial charge in [-0.05, 0) is 55.8 Å². The van der Waals surface area contributed by atoms with Crippen molar-refractivity contribution in [2.45, 2.75) is 32.6 Å². The van der Waals surface area contributed by atoms with Crippen molar-refractivity contribution in [2.24, 2.45) is 17.6 Å². The van der Waals surface area contributed by atoms with E-state index in [1.165, 1.54) is 5.56 Å². The standard InChI is InChI=1S/C17H26N2O2/c1-12-6-7-13(10-16(12)21-2)8-9-19-17(20)15-5-3-4-14(15)11-18/h6-7,10,14-15H,3-5,8-9,11,18H2,1-2H3,(H,19,20)/t14-,15-/m1/s1. The van der Waals surface area contributed by atoms with Gasteiger partial charge in [-0.2, -0.15) is 0 Å². The molecule has 0 unspecified atom stereocenters. The van der Waals surface area contributed by atoms with Crippen LogP contribution in [-0.4, -0.2) is 26.1 Å². The predicted molar refractivity (Wildman–Crippen MR) is 84.3 cm³/mol. The van der Waals surface area contributed by atoms with Crippen molar-refractivity contribution in [2.75, 3.05) is 20.2 Å². The molecule has 0 saturated heterocycles. The highest BCUT2D eigenvalue weighted by Gasteiger charge is 2.31. The molecule has 1 aromatic carbocycles. The molecule has 116 valence electrons. The van der Waals surface area contributed by atoms with Gasteiger partial charge >= 0.3 is 0 Å². The molecule has 0 aliphatic heterocycles. The van der Waals surface area contributed by atoms with E-state index < -0.39 is 0 Å². The molecule has 4 heteroatoms. The van der Waals surface area contributed by atoms with E-state index in [9.17, 15) is 4.79 Å². The molecular formula is C17H26N2O2. The summed E-state index contributed by atoms with van der Waals surface area (Å²) < 4.78 is 5.32. The van der Waals surface area contributed by atoms with E-state index in [4.69, 9.17) is 10.5 Å². The van der Waals surface area contributed by atoms with Crippen LogP contribution in [0.25, 0.3) is 0 Å². The van der Waals surface area contributed by atoms with E-state index in [-0.39, 0.29) is 11.8 Å². The average Bonchev–Trinajstić information content (AvgIpc) is 2.97. The molecule has 1 aromatic rings. The summed E-state index contributed by atoms with van der Waals surface area (Å²) in [5, 5.41) is 3.05. The molecule has 2 rings (SSSR count). The van der Waals surface area contributed by atoms with E-state index in [0.717, 1.165) is 37.0 Å². The molecular weight excluding hydrogens is 264 g/mol. The molecule has 0 spiro atoms. The lowest BCUT2D eigenvalue weighted by molar-refractivity contribution is -0.125. The molecule has 3 N–H and O–H groups in total. The lowest BCUT2D eigenvalue weighted by atomic mass is 9.95. The molecule has 1 fully saturated rings. The first-order valence-electron chi connectivity index (χ1n) is 7.77. The van der Waals surface area contributed by atoms with Gasteiger partial charge < -0.3 is 15.8 Å². The van der Waals surface area contributed by atoms with Gasteiger partial charge in [0.1, 0.15) is 5.75 Å². The van der Waals surface area contributed by atoms with E-state index in [1.54, 1.807) is 7.11 Å². The summed E-state index contributed by atoms with van der Waals surface area (Å²) in [6.07, 6.45) is 4.01. The maximum atomic E-state index is 12.2. The fourth-order valence-electron chi connectivity index (χ4n) is 3.15. The summed E-state index contributed by atoms with van der Waals surface area (Å²) in [6, 6.07) is 6.18. The van der Waals surface area contributed by atoms with E-state index >= 15 is 0 Å². The Morgan fingerprint density at radius 3 is 2.95 bits per heavy atom. The first-order chi connectivity index (χ1) is 10.2. The maximum Gasteiger partial charge on any atom is 0.223 e. The number of rotatable bonds is 6. The predicted octanol–water partition coefficient (Wildman–Crippen LogP) is 2.04. The highest BCUT2D eigenvalue weighted by molar-refractivity contribution is 5.79. The number of hydrogen-bond acceptors (Lipinski definition) is 3. The molecule has 21 heavy (non-hydrogen) atoms. The van der Waals surface area contributed by atoms with E-state index in [2.05, 4.69) is 17.4 Å². The Morgan fingerprint density at radius 1 is 1.43 bits per heavy atom. The minimum Gasteiger partial charge on any atom is -0.496 e. The minimum absolute atomic E-state index is 0.113. The Balaban J connectivity index is 1.82. The number of methoxy groups -OCH3 is 1. The normalized spacial score (nSPS) is 21.3. The summed E-state index contributed by atoms with van der Waals surface area (Å²) in [6.45, 7) is 3.31. The first-order valence-corrected chi connectivity index (χ1v) is 7.77. The van der Waals surface area contributed by atoms with Gasteiger partial charge in [0.2, 0.25) is 5.91 Å². The fourth-order valence-corrected chi connectivity index (χ4v) is 3.15. The zero-order chi connectivity index (χ0) is 15.2. The van der Waals surface area contributed by atoms with Crippen LogP contribution in [0.4, 0.5) is 0 Å². The molecule has 1 amide bonds. The van der Waals surface area contributed by atoms with Crippen LogP contribution in [0, 0.1) is 18.8 Å². The SMILES string of the molecule is COc1cc(CCNC(=O)[C@@H]2CCC[C@@H]2CN)ccc1C. The summed E-state index contributed by atoms with van der Waals surface area (Å²) in [7, 11) is 1.68. The topological polar surface area (TPSA) is 64.3 Å². The van der Waals surface area contributed by atoms with Crippen molar-refractivity contribution in [3.05, 3.63) is 29.3 Å². The Kier molecular flexibility index (Phi) is 5.62. The van der Waals surface area contributed by atoms with Crippen LogP contribution in [0.15, 0.2) is 18.2 Å². The number of aryl methyl sites for hydroxylation is 1. The summed E-state index contributed by atoms with van der Waals surface area (Å²) in [4.78, 5) is 12.2. The third kappa shape index (κ3) is 3.97. The van der Waals surface area contributed by atoms with Crippen molar-refractivity contribution < 1.29 is 9.53 Å². The third-order valence-electron chi connectivity index (χ3n) is 4.48. The second kappa shape index (κ2) is 7.46. The van der Waals surface area contributed by atoms with Crippen molar-refractivity contribution >= 4 is 5.91 Å². The number of carbonyl (C=O) groups is 1. The number of amides is 1. The second-order valence-corrected chi connectivity index (χ2v) is 5.88. The van der Waals surface area contributed by atoms with Crippen molar-refractivity contribution in [3.8, 4) is 5.75 Å². The number of carbonyl (C=O) groups excluding carboxylic acids is 1. The van der Waals surface area contributed by atoms with Crippen LogP contribution in [0.3, 0.4) is 0 Å². The van der Waals surface area contributed by atoms with Crippen LogP contribution >= 0.6 is 0 Å². The average molecular weight is 290 g/mol. The third-order valence-corrected chi connectivity index (χ3v) is 4.48. The van der Waals surface area contributed by atoms with Crippen LogP contribution in [0.2, 0.25) is 0 Å². The molecule has 1 aliphatic rings. The molecule has 1 aliphatic carbocycles. The van der Waals surface area contributed by atoms with Crippen molar-refractivity contribution in [3.63, 3.8) is 0 Å². The first kappa shape index (κ1) is 15.8. The van der Waals surface area contributed by atoms with Crippen LogP contribution < -0.4 is 15.8 Å². The van der Waals surface area contributed by atoms with Gasteiger partial charge in [-0.3, -0.25) is 4.79 Å². The number of hydrogen-bond donors (Lipinski definition) is 2. The fraction of sp³-hybridized carbons (Fsp3) is 0.588. The molecule has 0 aromatic heterocycles. The Bertz CT molecular complexity index is 488. The van der Waals surface area contributed by atoms with Crippen molar-refractivity contribution in [1.82, 2.24) is 5.32 Å². The summed E-state index contributed by atoms with van der Waals surface area (Å²) in [5.74, 6) is 1.55. The molecule has 0 radical (unpaired) electrons. The summed E-state index contributed by atoms with van der Waals surface area (Å²) in [5.41, 5.74) is 8.04. The monoisotopic (exact) mass is 290 g/mol. The highest BCUT2D eigenvalue weighted by Crippen LogP contribution is 2.30. The Labute approximate surface area is 127 Å². The van der Waals surface area contributed by atoms with Gasteiger partial charge in [0, 0.05) is 12.5 Å². The van der Waals surface area contributed by atoms with Crippen molar-refractivity contribution in [1.29, 1.82) is 0 Å². The molecule has 0 heterocycles. The lowest BCUT2D eigenvalue weighted by Crippen LogP contribution is -2.36. The van der Waals surface area contributed by atoms with Gasteiger partial charge in [-0.15, -0.1) is 0 Å². The molecule has 2 atom stereocenters. The number of nitrogens with one attached hydrogen (secondary N) is 1. The van der Waals surface area contributed by atoms with Gasteiger partial charge in [-0.1, -0.05) is 18.6 Å². The van der Waals surface area contributed by atoms with E-state index in [0.29, 0.717) is 19.0 Å². The van der Waals surface area contributed by atoms with Crippen LogP contribution in [0.1, 0.15) is 30.4 Å². The van der Waals surface area contributed by atoms with Crippen LogP contribution in [-0.2, 0) is 11.2 Å². The maximum absolute atomic E-state index is 12.2. The number of benzene rings is 1. The quantitative estimate of drug-likeness (QED) is 0.842. The second-order valence-electron chi connectivity index (χ2n) is 5.88. The smallest absolute Gasteiger partial charge is 0.223 e. The van der Waals surface area contributed by atoms with Gasteiger partial charge in [0.05, 0.1) is 7.11 Å². The molecule has 4 nitrogen and oxygen atoms in total. The Morgan fingerprint density at radius 2 is 2.24 bits per heavy atom. The van der Waals surface area contributed by atoms with Crippen LogP contribution in [0.5, 0.6) is 5.75 Å². The Hall–Kier alpha value is -1.55. The van der Waals surface area contributed by atoms with E-state index in [1.807, 2.05) is 13.0 Å². The molecule has 1 saturated carbocycles. The largest absolute Gasteiger partial charge is 0.496 e. The van der Waals surface area contributed by atoms with Gasteiger partial charge in [0.25, 0.3) is 0 Å². The zero-order valence-corrected chi connectivity index (χ0v) is 13.0. The minimum atomic E-state index is 0.113. The zero-order valence-electron chi connectivity index (χ0n) is 13.0. The lowest BCUT2D eigenvalue weighted by Gasteiger charge is -2.17. The van der Waals surface area contributed by atoms with Gasteiger partial charge in [-0.25, -0.2) is 0 Å². The van der Waals surface area contributed by atoms with Gasteiger partial charge in [0.15, 0.2) is 0 Å². The molecule has 0 bridgehead atoms.